The number of nitrogens with zero attached hydrogens (tertiary/aromatic N) is 1. The molecule has 0 fully saturated rings. The normalized spacial score (nSPS) is 11.3. The van der Waals surface area contributed by atoms with Crippen LogP contribution in [0.3, 0.4) is 0 Å². The van der Waals surface area contributed by atoms with Crippen LogP contribution >= 0.6 is 0 Å². The van der Waals surface area contributed by atoms with Gasteiger partial charge < -0.3 is 9.32 Å². The van der Waals surface area contributed by atoms with Crippen molar-refractivity contribution in [2.24, 2.45) is 0 Å². The van der Waals surface area contributed by atoms with Crippen LogP contribution in [0.1, 0.15) is 0 Å². The summed E-state index contributed by atoms with van der Waals surface area (Å²) in [6, 6.07) is 75.9. The van der Waals surface area contributed by atoms with E-state index in [4.69, 9.17) is 4.42 Å². The van der Waals surface area contributed by atoms with E-state index in [0.717, 1.165) is 72.2 Å². The molecule has 2 heteroatoms. The molecule has 0 N–H and O–H groups in total. The molecule has 0 unspecified atom stereocenters. The lowest BCUT2D eigenvalue weighted by atomic mass is 9.94. The fourth-order valence-corrected chi connectivity index (χ4v) is 7.92. The van der Waals surface area contributed by atoms with Gasteiger partial charge in [-0.1, -0.05) is 176 Å². The molecule has 10 aromatic rings. The third kappa shape index (κ3) is 5.53. The summed E-state index contributed by atoms with van der Waals surface area (Å²) in [6.45, 7) is 0. The van der Waals surface area contributed by atoms with Gasteiger partial charge in [0.15, 0.2) is 0 Å². The molecule has 254 valence electrons. The number of anilines is 3. The smallest absolute Gasteiger partial charge is 0.143 e. The SMILES string of the molecule is c1ccc(-c2ccc(-c3ccccc3N(c3cccc(-c4ccccc4)c3)c3ccccc3-c3cccc4oc5c6ccccc6ccc5c34)cc2)cc1. The summed E-state index contributed by atoms with van der Waals surface area (Å²) in [5, 5.41) is 4.53. The molecule has 0 spiro atoms. The van der Waals surface area contributed by atoms with E-state index >= 15 is 0 Å². The number of fused-ring (bicyclic) bond motifs is 5. The first-order chi connectivity index (χ1) is 26.8. The Labute approximate surface area is 314 Å². The summed E-state index contributed by atoms with van der Waals surface area (Å²) < 4.78 is 6.67. The highest BCUT2D eigenvalue weighted by Crippen LogP contribution is 2.48. The summed E-state index contributed by atoms with van der Waals surface area (Å²) in [5.41, 5.74) is 14.4. The fourth-order valence-electron chi connectivity index (χ4n) is 7.92. The van der Waals surface area contributed by atoms with Crippen molar-refractivity contribution in [3.63, 3.8) is 0 Å². The molecule has 1 heterocycles. The van der Waals surface area contributed by atoms with Gasteiger partial charge in [0.25, 0.3) is 0 Å². The highest BCUT2D eigenvalue weighted by Gasteiger charge is 2.23. The van der Waals surface area contributed by atoms with Crippen LogP contribution in [0.25, 0.3) is 77.2 Å². The minimum Gasteiger partial charge on any atom is -0.455 e. The molecule has 2 nitrogen and oxygen atoms in total. The number of para-hydroxylation sites is 2. The van der Waals surface area contributed by atoms with Gasteiger partial charge in [0.05, 0.1) is 11.4 Å². The second kappa shape index (κ2) is 13.4. The molecule has 0 saturated carbocycles. The van der Waals surface area contributed by atoms with Gasteiger partial charge in [0.1, 0.15) is 11.2 Å². The summed E-state index contributed by atoms with van der Waals surface area (Å²) in [6.07, 6.45) is 0. The number of benzene rings is 9. The Bertz CT molecular complexity index is 2920. The Morgan fingerprint density at radius 2 is 0.889 bits per heavy atom. The maximum absolute atomic E-state index is 6.67. The number of furan rings is 1. The van der Waals surface area contributed by atoms with Crippen molar-refractivity contribution in [2.75, 3.05) is 4.90 Å². The second-order valence-electron chi connectivity index (χ2n) is 13.7. The molecule has 0 radical (unpaired) electrons. The summed E-state index contributed by atoms with van der Waals surface area (Å²) >= 11 is 0. The molecule has 10 rings (SSSR count). The summed E-state index contributed by atoms with van der Waals surface area (Å²) in [7, 11) is 0. The largest absolute Gasteiger partial charge is 0.455 e. The topological polar surface area (TPSA) is 16.4 Å². The van der Waals surface area contributed by atoms with E-state index in [0.29, 0.717) is 0 Å². The molecular formula is C52H35NO. The van der Waals surface area contributed by atoms with E-state index in [1.807, 2.05) is 0 Å². The zero-order valence-corrected chi connectivity index (χ0v) is 29.6. The first-order valence-corrected chi connectivity index (χ1v) is 18.4. The monoisotopic (exact) mass is 689 g/mol. The van der Waals surface area contributed by atoms with Crippen LogP contribution in [-0.4, -0.2) is 0 Å². The Morgan fingerprint density at radius 3 is 1.67 bits per heavy atom. The molecule has 1 aromatic heterocycles. The molecule has 0 saturated heterocycles. The van der Waals surface area contributed by atoms with Crippen LogP contribution in [0.5, 0.6) is 0 Å². The predicted molar refractivity (Wildman–Crippen MR) is 228 cm³/mol. The van der Waals surface area contributed by atoms with E-state index in [1.54, 1.807) is 0 Å². The molecule has 0 amide bonds. The van der Waals surface area contributed by atoms with Gasteiger partial charge in [-0.05, 0) is 75.2 Å². The minimum atomic E-state index is 0.880. The Balaban J connectivity index is 1.20. The maximum atomic E-state index is 6.67. The lowest BCUT2D eigenvalue weighted by molar-refractivity contribution is 0.673. The molecule has 0 atom stereocenters. The van der Waals surface area contributed by atoms with Crippen LogP contribution in [0.15, 0.2) is 217 Å². The van der Waals surface area contributed by atoms with E-state index in [-0.39, 0.29) is 0 Å². The molecule has 0 aliphatic heterocycles. The zero-order chi connectivity index (χ0) is 35.8. The number of hydrogen-bond acceptors (Lipinski definition) is 2. The molecule has 54 heavy (non-hydrogen) atoms. The van der Waals surface area contributed by atoms with E-state index in [1.165, 1.54) is 22.1 Å². The first kappa shape index (κ1) is 31.6. The Kier molecular flexibility index (Phi) is 7.85. The molecule has 9 aromatic carbocycles. The van der Waals surface area contributed by atoms with Gasteiger partial charge in [0, 0.05) is 33.0 Å². The van der Waals surface area contributed by atoms with Crippen molar-refractivity contribution < 1.29 is 4.42 Å². The standard InChI is InChI=1S/C52H35NO/c1-3-15-36(16-4-1)38-29-31-40(32-30-38)43-22-9-11-26-48(43)53(42-21-13-20-41(35-42)37-17-5-2-6-18-37)49-27-12-10-24-45(49)46-25-14-28-50-51(46)47-34-33-39-19-7-8-23-44(39)52(47)54-50/h1-35H. The average Bonchev–Trinajstić information content (AvgIpc) is 3.65. The second-order valence-corrected chi connectivity index (χ2v) is 13.7. The average molecular weight is 690 g/mol. The zero-order valence-electron chi connectivity index (χ0n) is 29.6. The van der Waals surface area contributed by atoms with Crippen LogP contribution in [0, 0.1) is 0 Å². The van der Waals surface area contributed by atoms with E-state index in [9.17, 15) is 0 Å². The van der Waals surface area contributed by atoms with Gasteiger partial charge >= 0.3 is 0 Å². The predicted octanol–water partition coefficient (Wildman–Crippen LogP) is 14.9. The van der Waals surface area contributed by atoms with Gasteiger partial charge in [-0.2, -0.15) is 0 Å². The van der Waals surface area contributed by atoms with Crippen LogP contribution < -0.4 is 4.90 Å². The van der Waals surface area contributed by atoms with Crippen molar-refractivity contribution in [1.82, 2.24) is 0 Å². The molecular weight excluding hydrogens is 655 g/mol. The van der Waals surface area contributed by atoms with Crippen molar-refractivity contribution in [1.29, 1.82) is 0 Å². The molecule has 0 aliphatic carbocycles. The lowest BCUT2D eigenvalue weighted by Crippen LogP contribution is -2.12. The molecule has 0 bridgehead atoms. The quantitative estimate of drug-likeness (QED) is 0.166. The Hall–Kier alpha value is -7.16. The highest BCUT2D eigenvalue weighted by atomic mass is 16.3. The van der Waals surface area contributed by atoms with E-state index < -0.39 is 0 Å². The molecule has 0 aliphatic rings. The third-order valence-electron chi connectivity index (χ3n) is 10.5. The highest BCUT2D eigenvalue weighted by molar-refractivity contribution is 6.19. The maximum Gasteiger partial charge on any atom is 0.143 e. The van der Waals surface area contributed by atoms with Crippen LogP contribution in [0.4, 0.5) is 17.1 Å². The van der Waals surface area contributed by atoms with Gasteiger partial charge in [0.2, 0.25) is 0 Å². The lowest BCUT2D eigenvalue weighted by Gasteiger charge is -2.30. The fraction of sp³-hybridized carbons (Fsp3) is 0. The number of rotatable bonds is 7. The summed E-state index contributed by atoms with van der Waals surface area (Å²) in [4.78, 5) is 2.43. The van der Waals surface area contributed by atoms with Crippen LogP contribution in [0.2, 0.25) is 0 Å². The Morgan fingerprint density at radius 1 is 0.333 bits per heavy atom. The third-order valence-corrected chi connectivity index (χ3v) is 10.5. The minimum absolute atomic E-state index is 0.880. The van der Waals surface area contributed by atoms with Crippen molar-refractivity contribution in [3.05, 3.63) is 212 Å². The van der Waals surface area contributed by atoms with Gasteiger partial charge in [-0.15, -0.1) is 0 Å². The summed E-state index contributed by atoms with van der Waals surface area (Å²) in [5.74, 6) is 0. The first-order valence-electron chi connectivity index (χ1n) is 18.4. The van der Waals surface area contributed by atoms with E-state index in [2.05, 4.69) is 217 Å². The van der Waals surface area contributed by atoms with Crippen molar-refractivity contribution in [2.45, 2.75) is 0 Å². The van der Waals surface area contributed by atoms with Gasteiger partial charge in [-0.3, -0.25) is 0 Å². The van der Waals surface area contributed by atoms with Crippen LogP contribution in [-0.2, 0) is 0 Å². The number of hydrogen-bond donors (Lipinski definition) is 0. The van der Waals surface area contributed by atoms with Crippen molar-refractivity contribution >= 4 is 49.8 Å². The van der Waals surface area contributed by atoms with Crippen molar-refractivity contribution in [3.8, 4) is 44.5 Å². The van der Waals surface area contributed by atoms with Gasteiger partial charge in [-0.25, -0.2) is 0 Å².